The standard InChI is InChI=1S/C27H36Cl2N4O4S/c1-17(2)38(35,36)32-21-5-4-19(12-21)27(34)31-26-14-23(25(29)16-33(26)3)22-13-20(6-7-24(22)28)30-15-18-8-10-37-11-9-18/h6-7,13-14,16-19,21,30,32H,4-5,8-12,15H2,1-3H3/p+1. The summed E-state index contributed by atoms with van der Waals surface area (Å²) in [4.78, 5) is 13.1. The SMILES string of the molecule is CC(C)S(=O)(=O)NC1CCC(C(=O)Nc2cc(-c3cc(NCC4CCOCC4)ccc3Cl)c(Cl)c[n+]2C)C1. The average molecular weight is 585 g/mol. The molecule has 11 heteroatoms. The van der Waals surface area contributed by atoms with Crippen molar-refractivity contribution in [2.45, 2.75) is 57.2 Å². The molecule has 0 radical (unpaired) electrons. The molecule has 2 aliphatic rings. The molecule has 38 heavy (non-hydrogen) atoms. The highest BCUT2D eigenvalue weighted by Crippen LogP contribution is 2.36. The Morgan fingerprint density at radius 2 is 1.79 bits per heavy atom. The molecule has 1 saturated carbocycles. The molecule has 8 nitrogen and oxygen atoms in total. The Hall–Kier alpha value is -1.91. The number of carbonyl (C=O) groups is 1. The molecule has 0 bridgehead atoms. The summed E-state index contributed by atoms with van der Waals surface area (Å²) in [6, 6.07) is 7.38. The zero-order valence-electron chi connectivity index (χ0n) is 22.1. The van der Waals surface area contributed by atoms with Crippen molar-refractivity contribution in [3.05, 3.63) is 40.5 Å². The quantitative estimate of drug-likeness (QED) is 0.369. The molecule has 1 amide bonds. The van der Waals surface area contributed by atoms with E-state index in [9.17, 15) is 13.2 Å². The van der Waals surface area contributed by atoms with E-state index in [1.165, 1.54) is 0 Å². The van der Waals surface area contributed by atoms with Gasteiger partial charge in [0.1, 0.15) is 6.20 Å². The van der Waals surface area contributed by atoms with Crippen molar-refractivity contribution in [1.82, 2.24) is 4.72 Å². The summed E-state index contributed by atoms with van der Waals surface area (Å²) in [6.07, 6.45) is 5.55. The molecule has 2 fully saturated rings. The molecule has 2 atom stereocenters. The van der Waals surface area contributed by atoms with E-state index in [0.717, 1.165) is 43.9 Å². The van der Waals surface area contributed by atoms with Crippen molar-refractivity contribution < 1.29 is 22.5 Å². The van der Waals surface area contributed by atoms with Crippen LogP contribution in [0.15, 0.2) is 30.5 Å². The first-order valence-electron chi connectivity index (χ1n) is 13.2. The van der Waals surface area contributed by atoms with Gasteiger partial charge in [-0.3, -0.25) is 0 Å². The van der Waals surface area contributed by atoms with Crippen molar-refractivity contribution in [2.75, 3.05) is 30.4 Å². The zero-order valence-corrected chi connectivity index (χ0v) is 24.4. The summed E-state index contributed by atoms with van der Waals surface area (Å²) >= 11 is 13.2. The number of rotatable bonds is 9. The Morgan fingerprint density at radius 1 is 1.08 bits per heavy atom. The van der Waals surface area contributed by atoms with Crippen LogP contribution in [0.5, 0.6) is 0 Å². The highest BCUT2D eigenvalue weighted by molar-refractivity contribution is 7.90. The number of sulfonamides is 1. The summed E-state index contributed by atoms with van der Waals surface area (Å²) in [7, 11) is -1.57. The van der Waals surface area contributed by atoms with Crippen LogP contribution in [-0.2, 0) is 26.6 Å². The van der Waals surface area contributed by atoms with Crippen molar-refractivity contribution >= 4 is 50.6 Å². The number of hydrogen-bond acceptors (Lipinski definition) is 5. The van der Waals surface area contributed by atoms with E-state index < -0.39 is 15.3 Å². The smallest absolute Gasteiger partial charge is 0.310 e. The normalized spacial score (nSPS) is 20.6. The second-order valence-corrected chi connectivity index (χ2v) is 13.7. The lowest BCUT2D eigenvalue weighted by Crippen LogP contribution is -2.38. The van der Waals surface area contributed by atoms with E-state index in [0.29, 0.717) is 46.6 Å². The van der Waals surface area contributed by atoms with Crippen LogP contribution in [0.3, 0.4) is 0 Å². The third-order valence-electron chi connectivity index (χ3n) is 7.42. The minimum atomic E-state index is -3.38. The zero-order chi connectivity index (χ0) is 27.4. The van der Waals surface area contributed by atoms with Gasteiger partial charge in [0.2, 0.25) is 10.0 Å². The fourth-order valence-electron chi connectivity index (χ4n) is 4.92. The van der Waals surface area contributed by atoms with Gasteiger partial charge in [0.05, 0.1) is 23.2 Å². The topological polar surface area (TPSA) is 100 Å². The van der Waals surface area contributed by atoms with Crippen LogP contribution in [0, 0.1) is 11.8 Å². The Morgan fingerprint density at radius 3 is 2.50 bits per heavy atom. The molecule has 1 aliphatic heterocycles. The summed E-state index contributed by atoms with van der Waals surface area (Å²) in [6.45, 7) is 5.75. The summed E-state index contributed by atoms with van der Waals surface area (Å²) in [5, 5.41) is 7.09. The van der Waals surface area contributed by atoms with Gasteiger partial charge < -0.3 is 10.1 Å². The number of hydrogen-bond donors (Lipinski definition) is 3. The number of nitrogens with one attached hydrogen (secondary N) is 3. The maximum Gasteiger partial charge on any atom is 0.310 e. The van der Waals surface area contributed by atoms with Crippen LogP contribution in [-0.4, -0.2) is 45.4 Å². The van der Waals surface area contributed by atoms with Crippen molar-refractivity contribution in [1.29, 1.82) is 0 Å². The molecule has 1 aliphatic carbocycles. The molecule has 2 heterocycles. The first kappa shape index (κ1) is 29.1. The monoisotopic (exact) mass is 583 g/mol. The Bertz CT molecular complexity index is 1270. The van der Waals surface area contributed by atoms with Crippen molar-refractivity contribution in [3.8, 4) is 11.1 Å². The maximum absolute atomic E-state index is 13.1. The number of anilines is 2. The number of aryl methyl sites for hydroxylation is 1. The van der Waals surface area contributed by atoms with Gasteiger partial charge in [-0.25, -0.2) is 27.8 Å². The van der Waals surface area contributed by atoms with Crippen LogP contribution < -0.4 is 19.9 Å². The molecular weight excluding hydrogens is 547 g/mol. The maximum atomic E-state index is 13.1. The van der Waals surface area contributed by atoms with Crippen LogP contribution in [0.4, 0.5) is 11.5 Å². The summed E-state index contributed by atoms with van der Waals surface area (Å²) < 4.78 is 34.4. The third-order valence-corrected chi connectivity index (χ3v) is 9.96. The van der Waals surface area contributed by atoms with Crippen molar-refractivity contribution in [2.24, 2.45) is 18.9 Å². The Kier molecular flexibility index (Phi) is 9.58. The average Bonchev–Trinajstić information content (AvgIpc) is 3.34. The van der Waals surface area contributed by atoms with Gasteiger partial charge in [-0.1, -0.05) is 23.2 Å². The predicted octanol–water partition coefficient (Wildman–Crippen LogP) is 4.76. The molecular formula is C27H37Cl2N4O4S+. The molecule has 2 unspecified atom stereocenters. The van der Waals surface area contributed by atoms with E-state index in [1.807, 2.05) is 31.3 Å². The number of amides is 1. The molecule has 2 aromatic rings. The molecule has 4 rings (SSSR count). The predicted molar refractivity (Wildman–Crippen MR) is 152 cm³/mol. The number of carbonyl (C=O) groups excluding carboxylic acids is 1. The fraction of sp³-hybridized carbons (Fsp3) is 0.556. The third kappa shape index (κ3) is 7.18. The number of benzene rings is 1. The number of ether oxygens (including phenoxy) is 1. The number of nitrogens with zero attached hydrogens (tertiary/aromatic N) is 1. The molecule has 208 valence electrons. The van der Waals surface area contributed by atoms with Crippen LogP contribution in [0.25, 0.3) is 11.1 Å². The van der Waals surface area contributed by atoms with E-state index in [2.05, 4.69) is 15.4 Å². The minimum absolute atomic E-state index is 0.141. The summed E-state index contributed by atoms with van der Waals surface area (Å²) in [5.74, 6) is 0.727. The van der Waals surface area contributed by atoms with E-state index >= 15 is 0 Å². The molecule has 3 N–H and O–H groups in total. The van der Waals surface area contributed by atoms with Gasteiger partial charge in [-0.2, -0.15) is 0 Å². The van der Waals surface area contributed by atoms with E-state index in [1.54, 1.807) is 24.6 Å². The molecule has 1 aromatic carbocycles. The first-order chi connectivity index (χ1) is 18.0. The Labute approximate surface area is 235 Å². The lowest BCUT2D eigenvalue weighted by Gasteiger charge is -2.23. The largest absolute Gasteiger partial charge is 0.385 e. The van der Waals surface area contributed by atoms with Crippen molar-refractivity contribution in [3.63, 3.8) is 0 Å². The Balaban J connectivity index is 1.47. The lowest BCUT2D eigenvalue weighted by atomic mass is 10.00. The van der Waals surface area contributed by atoms with Gasteiger partial charge in [0.25, 0.3) is 5.82 Å². The van der Waals surface area contributed by atoms with Crippen LogP contribution >= 0.6 is 23.2 Å². The lowest BCUT2D eigenvalue weighted by molar-refractivity contribution is -0.656. The van der Waals surface area contributed by atoms with E-state index in [-0.39, 0.29) is 17.9 Å². The number of aromatic nitrogens is 1. The van der Waals surface area contributed by atoms with Gasteiger partial charge in [-0.15, -0.1) is 0 Å². The first-order valence-corrected chi connectivity index (χ1v) is 15.5. The van der Waals surface area contributed by atoms with Crippen LogP contribution in [0.1, 0.15) is 46.0 Å². The number of halogens is 2. The molecule has 1 aromatic heterocycles. The second kappa shape index (κ2) is 12.5. The van der Waals surface area contributed by atoms with E-state index in [4.69, 9.17) is 27.9 Å². The minimum Gasteiger partial charge on any atom is -0.385 e. The van der Waals surface area contributed by atoms with Gasteiger partial charge in [-0.05, 0) is 70.1 Å². The van der Waals surface area contributed by atoms with Gasteiger partial charge in [0.15, 0.2) is 0 Å². The highest BCUT2D eigenvalue weighted by Gasteiger charge is 2.35. The van der Waals surface area contributed by atoms with Gasteiger partial charge >= 0.3 is 5.91 Å². The second-order valence-electron chi connectivity index (χ2n) is 10.6. The molecule has 0 spiro atoms. The molecule has 1 saturated heterocycles. The highest BCUT2D eigenvalue weighted by atomic mass is 35.5. The van der Waals surface area contributed by atoms with Gasteiger partial charge in [0, 0.05) is 53.7 Å². The van der Waals surface area contributed by atoms with Crippen LogP contribution in [0.2, 0.25) is 10.0 Å². The summed E-state index contributed by atoms with van der Waals surface area (Å²) in [5.41, 5.74) is 2.44. The fourth-order valence-corrected chi connectivity index (χ4v) is 6.40. The number of pyridine rings is 1.